The highest BCUT2D eigenvalue weighted by atomic mass is 32.2. The second-order valence-electron chi connectivity index (χ2n) is 10.5. The van der Waals surface area contributed by atoms with E-state index in [0.717, 1.165) is 42.4 Å². The number of hydrogen-bond acceptors (Lipinski definition) is 2. The topological polar surface area (TPSA) is 20.3 Å². The van der Waals surface area contributed by atoms with Crippen molar-refractivity contribution in [3.05, 3.63) is 0 Å². The summed E-state index contributed by atoms with van der Waals surface area (Å²) in [6, 6.07) is 0.500. The van der Waals surface area contributed by atoms with Crippen LogP contribution in [0, 0.1) is 40.4 Å². The van der Waals surface area contributed by atoms with E-state index in [4.69, 9.17) is 0 Å². The van der Waals surface area contributed by atoms with E-state index in [1.54, 1.807) is 0 Å². The van der Waals surface area contributed by atoms with Crippen LogP contribution in [-0.2, 0) is 4.79 Å². The summed E-state index contributed by atoms with van der Waals surface area (Å²) in [7, 11) is 2.08. The molecule has 148 valence electrons. The number of fused-ring (bicyclic) bond motifs is 5. The van der Waals surface area contributed by atoms with Crippen LogP contribution in [0.3, 0.4) is 0 Å². The highest BCUT2D eigenvalue weighted by Gasteiger charge is 2.62. The number of likely N-dealkylation sites (tertiary alicyclic amines) is 1. The first-order valence-corrected chi connectivity index (χ1v) is 12.3. The Morgan fingerprint density at radius 3 is 2.62 bits per heavy atom. The van der Waals surface area contributed by atoms with Gasteiger partial charge in [0.15, 0.2) is 0 Å². The second kappa shape index (κ2) is 6.71. The van der Waals surface area contributed by atoms with Gasteiger partial charge in [-0.05, 0) is 90.5 Å². The first-order valence-electron chi connectivity index (χ1n) is 11.2. The van der Waals surface area contributed by atoms with Crippen LogP contribution in [0.1, 0.15) is 72.6 Å². The molecule has 4 rings (SSSR count). The lowest BCUT2D eigenvalue weighted by Gasteiger charge is -2.61. The van der Waals surface area contributed by atoms with E-state index in [-0.39, 0.29) is 0 Å². The Morgan fingerprint density at radius 2 is 1.88 bits per heavy atom. The van der Waals surface area contributed by atoms with Gasteiger partial charge in [-0.2, -0.15) is 11.8 Å². The molecule has 8 atom stereocenters. The molecular formula is C23H39NOS. The van der Waals surface area contributed by atoms with E-state index in [0.29, 0.717) is 22.8 Å². The smallest absolute Gasteiger partial charge is 0.222 e. The maximum absolute atomic E-state index is 12.3. The fourth-order valence-electron chi connectivity index (χ4n) is 8.22. The molecule has 3 heteroatoms. The first kappa shape index (κ1) is 19.2. The Labute approximate surface area is 165 Å². The Kier molecular flexibility index (Phi) is 4.94. The number of amides is 1. The van der Waals surface area contributed by atoms with Crippen molar-refractivity contribution < 1.29 is 4.79 Å². The van der Waals surface area contributed by atoms with Crippen molar-refractivity contribution in [3.63, 3.8) is 0 Å². The fourth-order valence-corrected chi connectivity index (χ4v) is 9.42. The summed E-state index contributed by atoms with van der Waals surface area (Å²) in [6.45, 7) is 10.1. The quantitative estimate of drug-likeness (QED) is 0.650. The van der Waals surface area contributed by atoms with Crippen LogP contribution in [0.2, 0.25) is 0 Å². The van der Waals surface area contributed by atoms with Gasteiger partial charge in [0.1, 0.15) is 0 Å². The van der Waals surface area contributed by atoms with Crippen molar-refractivity contribution in [1.29, 1.82) is 0 Å². The SMILES string of the molecule is CCSCC1C(C)C[C@H]2[C@@H]3CC[C@H]4N(C)C(=O)CC[C@]4(C)[C@H]3CC[C@]12C. The van der Waals surface area contributed by atoms with Crippen LogP contribution in [0.5, 0.6) is 0 Å². The summed E-state index contributed by atoms with van der Waals surface area (Å²) in [5.74, 6) is 7.52. The van der Waals surface area contributed by atoms with Crippen molar-refractivity contribution in [1.82, 2.24) is 4.90 Å². The Balaban J connectivity index is 1.60. The molecule has 2 unspecified atom stereocenters. The van der Waals surface area contributed by atoms with Crippen molar-refractivity contribution in [2.24, 2.45) is 40.4 Å². The van der Waals surface area contributed by atoms with E-state index in [1.165, 1.54) is 43.6 Å². The average molecular weight is 378 g/mol. The van der Waals surface area contributed by atoms with Gasteiger partial charge in [-0.25, -0.2) is 0 Å². The molecule has 0 bridgehead atoms. The average Bonchev–Trinajstić information content (AvgIpc) is 2.87. The normalized spacial score (nSPS) is 51.0. The number of carbonyl (C=O) groups is 1. The summed E-state index contributed by atoms with van der Waals surface area (Å²) in [6.07, 6.45) is 8.82. The number of thioether (sulfide) groups is 1. The fraction of sp³-hybridized carbons (Fsp3) is 0.957. The first-order chi connectivity index (χ1) is 12.3. The van der Waals surface area contributed by atoms with Crippen molar-refractivity contribution in [3.8, 4) is 0 Å². The van der Waals surface area contributed by atoms with Gasteiger partial charge in [-0.1, -0.05) is 27.7 Å². The molecule has 3 saturated carbocycles. The molecular weight excluding hydrogens is 338 g/mol. The molecule has 0 N–H and O–H groups in total. The molecule has 0 radical (unpaired) electrons. The van der Waals surface area contributed by atoms with Gasteiger partial charge in [0.05, 0.1) is 0 Å². The maximum atomic E-state index is 12.3. The van der Waals surface area contributed by atoms with Gasteiger partial charge >= 0.3 is 0 Å². The van der Waals surface area contributed by atoms with Gasteiger partial charge < -0.3 is 4.90 Å². The van der Waals surface area contributed by atoms with Crippen LogP contribution in [0.4, 0.5) is 0 Å². The monoisotopic (exact) mass is 377 g/mol. The molecule has 0 aromatic carbocycles. The van der Waals surface area contributed by atoms with Gasteiger partial charge in [-0.3, -0.25) is 4.79 Å². The number of carbonyl (C=O) groups excluding carboxylic acids is 1. The zero-order chi connectivity index (χ0) is 18.7. The van der Waals surface area contributed by atoms with Crippen LogP contribution < -0.4 is 0 Å². The Hall–Kier alpha value is -0.180. The second-order valence-corrected chi connectivity index (χ2v) is 11.8. The number of piperidine rings is 1. The van der Waals surface area contributed by atoms with Crippen LogP contribution >= 0.6 is 11.8 Å². The van der Waals surface area contributed by atoms with E-state index in [1.807, 2.05) is 0 Å². The van der Waals surface area contributed by atoms with Gasteiger partial charge in [0.2, 0.25) is 5.91 Å². The standard InChI is InChI=1S/C23H39NOS/c1-6-26-14-19-15(2)13-18-16-7-8-20-23(4,12-10-21(25)24(20)5)17(16)9-11-22(18,19)3/h15-20H,6-14H2,1-5H3/t15?,16-,17+,18+,19?,20-,22+,23-/m1/s1. The Bertz CT molecular complexity index is 564. The van der Waals surface area contributed by atoms with E-state index in [9.17, 15) is 4.79 Å². The lowest BCUT2D eigenvalue weighted by Crippen LogP contribution is -2.61. The number of hydrogen-bond donors (Lipinski definition) is 0. The minimum atomic E-state index is 0.367. The summed E-state index contributed by atoms with van der Waals surface area (Å²) in [4.78, 5) is 14.4. The summed E-state index contributed by atoms with van der Waals surface area (Å²) in [5.41, 5.74) is 0.939. The zero-order valence-electron chi connectivity index (χ0n) is 17.6. The van der Waals surface area contributed by atoms with Gasteiger partial charge in [-0.15, -0.1) is 0 Å². The van der Waals surface area contributed by atoms with Crippen molar-refractivity contribution >= 4 is 17.7 Å². The zero-order valence-corrected chi connectivity index (χ0v) is 18.4. The molecule has 1 saturated heterocycles. The number of nitrogens with zero attached hydrogens (tertiary/aromatic N) is 1. The predicted molar refractivity (Wildman–Crippen MR) is 111 cm³/mol. The van der Waals surface area contributed by atoms with Crippen LogP contribution in [0.15, 0.2) is 0 Å². The minimum Gasteiger partial charge on any atom is -0.342 e. The highest BCUT2D eigenvalue weighted by molar-refractivity contribution is 7.99. The predicted octanol–water partition coefficient (Wildman–Crippen LogP) is 5.47. The van der Waals surface area contributed by atoms with Gasteiger partial charge in [0.25, 0.3) is 0 Å². The molecule has 2 nitrogen and oxygen atoms in total. The maximum Gasteiger partial charge on any atom is 0.222 e. The molecule has 4 aliphatic rings. The minimum absolute atomic E-state index is 0.367. The number of rotatable bonds is 3. The van der Waals surface area contributed by atoms with Crippen LogP contribution in [-0.4, -0.2) is 35.4 Å². The summed E-state index contributed by atoms with van der Waals surface area (Å²) in [5, 5.41) is 0. The molecule has 1 amide bonds. The lowest BCUT2D eigenvalue weighted by atomic mass is 9.47. The third-order valence-electron chi connectivity index (χ3n) is 9.66. The molecule has 1 aliphatic heterocycles. The molecule has 26 heavy (non-hydrogen) atoms. The van der Waals surface area contributed by atoms with Gasteiger partial charge in [0, 0.05) is 19.5 Å². The van der Waals surface area contributed by atoms with E-state index in [2.05, 4.69) is 51.4 Å². The van der Waals surface area contributed by atoms with Crippen molar-refractivity contribution in [2.45, 2.75) is 78.7 Å². The largest absolute Gasteiger partial charge is 0.342 e. The summed E-state index contributed by atoms with van der Waals surface area (Å²) < 4.78 is 0. The molecule has 3 aliphatic carbocycles. The molecule has 0 aromatic rings. The third kappa shape index (κ3) is 2.62. The molecule has 0 spiro atoms. The van der Waals surface area contributed by atoms with E-state index < -0.39 is 0 Å². The van der Waals surface area contributed by atoms with E-state index >= 15 is 0 Å². The lowest BCUT2D eigenvalue weighted by molar-refractivity contribution is -0.158. The molecule has 4 fully saturated rings. The Morgan fingerprint density at radius 1 is 1.12 bits per heavy atom. The van der Waals surface area contributed by atoms with Crippen molar-refractivity contribution in [2.75, 3.05) is 18.6 Å². The highest BCUT2D eigenvalue weighted by Crippen LogP contribution is 2.67. The van der Waals surface area contributed by atoms with Crippen LogP contribution in [0.25, 0.3) is 0 Å². The third-order valence-corrected chi connectivity index (χ3v) is 10.7. The molecule has 0 aromatic heterocycles. The summed E-state index contributed by atoms with van der Waals surface area (Å²) >= 11 is 2.17. The molecule has 1 heterocycles.